The summed E-state index contributed by atoms with van der Waals surface area (Å²) in [5.74, 6) is 2.04. The molecule has 0 bridgehead atoms. The highest BCUT2D eigenvalue weighted by Crippen LogP contribution is 2.17. The van der Waals surface area contributed by atoms with Gasteiger partial charge < -0.3 is 14.8 Å². The van der Waals surface area contributed by atoms with Crippen LogP contribution in [-0.2, 0) is 17.8 Å². The molecule has 0 atom stereocenters. The summed E-state index contributed by atoms with van der Waals surface area (Å²) in [5, 5.41) is 7.46. The fraction of sp³-hybridized carbons (Fsp3) is 0.500. The number of ether oxygens (including phenoxy) is 2. The number of hydrogen-bond donors (Lipinski definition) is 1. The number of aromatic nitrogens is 2. The van der Waals surface area contributed by atoms with E-state index in [-0.39, 0.29) is 5.91 Å². The minimum atomic E-state index is -0.0152. The average molecular weight is 359 g/mol. The van der Waals surface area contributed by atoms with Crippen molar-refractivity contribution >= 4 is 5.91 Å². The van der Waals surface area contributed by atoms with Gasteiger partial charge in [-0.05, 0) is 44.0 Å². The van der Waals surface area contributed by atoms with Crippen molar-refractivity contribution in [1.29, 1.82) is 0 Å². The zero-order chi connectivity index (χ0) is 19.1. The fourth-order valence-electron chi connectivity index (χ4n) is 2.77. The first-order valence-corrected chi connectivity index (χ1v) is 8.97. The summed E-state index contributed by atoms with van der Waals surface area (Å²) >= 11 is 0. The normalized spacial score (nSPS) is 10.8. The molecule has 142 valence electrons. The SMILES string of the molecule is COc1ccc(OCCNC(=O)Cc2c(C)nn(CC(C)C)c2C)cc1. The van der Waals surface area contributed by atoms with Crippen LogP contribution in [0.2, 0.25) is 0 Å². The minimum Gasteiger partial charge on any atom is -0.497 e. The molecule has 1 amide bonds. The zero-order valence-corrected chi connectivity index (χ0v) is 16.3. The fourth-order valence-corrected chi connectivity index (χ4v) is 2.77. The van der Waals surface area contributed by atoms with E-state index in [1.54, 1.807) is 7.11 Å². The van der Waals surface area contributed by atoms with E-state index in [1.807, 2.05) is 42.8 Å². The van der Waals surface area contributed by atoms with Gasteiger partial charge in [0.2, 0.25) is 5.91 Å². The molecule has 0 spiro atoms. The Morgan fingerprint density at radius 3 is 2.46 bits per heavy atom. The molecule has 1 N–H and O–H groups in total. The monoisotopic (exact) mass is 359 g/mol. The van der Waals surface area contributed by atoms with Crippen molar-refractivity contribution in [3.8, 4) is 11.5 Å². The van der Waals surface area contributed by atoms with Crippen LogP contribution in [0.15, 0.2) is 24.3 Å². The predicted molar refractivity (Wildman–Crippen MR) is 102 cm³/mol. The molecule has 0 aliphatic rings. The van der Waals surface area contributed by atoms with Gasteiger partial charge in [0.25, 0.3) is 0 Å². The molecule has 1 heterocycles. The van der Waals surface area contributed by atoms with E-state index in [1.165, 1.54) is 0 Å². The molecule has 0 unspecified atom stereocenters. The first kappa shape index (κ1) is 19.8. The van der Waals surface area contributed by atoms with Crippen molar-refractivity contribution in [3.05, 3.63) is 41.2 Å². The minimum absolute atomic E-state index is 0.0152. The Balaban J connectivity index is 1.79. The maximum Gasteiger partial charge on any atom is 0.224 e. The Kier molecular flexibility index (Phi) is 7.06. The second-order valence-corrected chi connectivity index (χ2v) is 6.78. The third-order valence-corrected chi connectivity index (χ3v) is 4.16. The van der Waals surface area contributed by atoms with Crippen LogP contribution in [0.4, 0.5) is 0 Å². The summed E-state index contributed by atoms with van der Waals surface area (Å²) in [4.78, 5) is 12.2. The number of nitrogens with zero attached hydrogens (tertiary/aromatic N) is 2. The van der Waals surface area contributed by atoms with Crippen LogP contribution >= 0.6 is 0 Å². The second-order valence-electron chi connectivity index (χ2n) is 6.78. The maximum atomic E-state index is 12.2. The molecule has 0 saturated heterocycles. The highest BCUT2D eigenvalue weighted by molar-refractivity contribution is 5.79. The summed E-state index contributed by atoms with van der Waals surface area (Å²) in [7, 11) is 1.63. The van der Waals surface area contributed by atoms with E-state index >= 15 is 0 Å². The van der Waals surface area contributed by atoms with E-state index < -0.39 is 0 Å². The smallest absolute Gasteiger partial charge is 0.224 e. The van der Waals surface area contributed by atoms with Crippen molar-refractivity contribution < 1.29 is 14.3 Å². The standard InChI is InChI=1S/C20H29N3O3/c1-14(2)13-23-16(4)19(15(3)22-23)12-20(24)21-10-11-26-18-8-6-17(25-5)7-9-18/h6-9,14H,10-13H2,1-5H3,(H,21,24). The molecule has 0 saturated carbocycles. The van der Waals surface area contributed by atoms with Crippen LogP contribution in [0.25, 0.3) is 0 Å². The van der Waals surface area contributed by atoms with Crippen molar-refractivity contribution in [1.82, 2.24) is 15.1 Å². The predicted octanol–water partition coefficient (Wildman–Crippen LogP) is 2.90. The van der Waals surface area contributed by atoms with Gasteiger partial charge in [-0.25, -0.2) is 0 Å². The third kappa shape index (κ3) is 5.51. The van der Waals surface area contributed by atoms with Crippen molar-refractivity contribution in [2.45, 2.75) is 40.7 Å². The van der Waals surface area contributed by atoms with Gasteiger partial charge in [-0.3, -0.25) is 9.48 Å². The lowest BCUT2D eigenvalue weighted by molar-refractivity contribution is -0.120. The zero-order valence-electron chi connectivity index (χ0n) is 16.3. The largest absolute Gasteiger partial charge is 0.497 e. The highest BCUT2D eigenvalue weighted by Gasteiger charge is 2.15. The first-order valence-electron chi connectivity index (χ1n) is 8.97. The summed E-state index contributed by atoms with van der Waals surface area (Å²) in [5.41, 5.74) is 3.01. The number of methoxy groups -OCH3 is 1. The molecule has 0 aliphatic heterocycles. The second kappa shape index (κ2) is 9.27. The Labute approximate surface area is 155 Å². The van der Waals surface area contributed by atoms with E-state index in [9.17, 15) is 4.79 Å². The van der Waals surface area contributed by atoms with E-state index in [0.717, 1.165) is 35.0 Å². The van der Waals surface area contributed by atoms with Gasteiger partial charge >= 0.3 is 0 Å². The molecule has 6 heteroatoms. The highest BCUT2D eigenvalue weighted by atomic mass is 16.5. The van der Waals surface area contributed by atoms with Gasteiger partial charge in [0.15, 0.2) is 0 Å². The number of rotatable bonds is 9. The van der Waals surface area contributed by atoms with Gasteiger partial charge in [-0.15, -0.1) is 0 Å². The quantitative estimate of drug-likeness (QED) is 0.699. The van der Waals surface area contributed by atoms with Crippen LogP contribution in [0.3, 0.4) is 0 Å². The molecule has 2 rings (SSSR count). The molecular weight excluding hydrogens is 330 g/mol. The molecular formula is C20H29N3O3. The van der Waals surface area contributed by atoms with Crippen molar-refractivity contribution in [2.24, 2.45) is 5.92 Å². The van der Waals surface area contributed by atoms with Crippen LogP contribution in [0.5, 0.6) is 11.5 Å². The molecule has 26 heavy (non-hydrogen) atoms. The molecule has 0 aliphatic carbocycles. The molecule has 0 fully saturated rings. The van der Waals surface area contributed by atoms with Crippen LogP contribution in [0.1, 0.15) is 30.8 Å². The number of amides is 1. The first-order chi connectivity index (χ1) is 12.4. The lowest BCUT2D eigenvalue weighted by Gasteiger charge is -2.09. The van der Waals surface area contributed by atoms with E-state index in [4.69, 9.17) is 9.47 Å². The molecule has 1 aromatic heterocycles. The molecule has 6 nitrogen and oxygen atoms in total. The lowest BCUT2D eigenvalue weighted by Crippen LogP contribution is -2.29. The van der Waals surface area contributed by atoms with Gasteiger partial charge in [0.05, 0.1) is 25.8 Å². The summed E-state index contributed by atoms with van der Waals surface area (Å²) < 4.78 is 12.7. The van der Waals surface area contributed by atoms with Crippen LogP contribution in [0, 0.1) is 19.8 Å². The van der Waals surface area contributed by atoms with Crippen molar-refractivity contribution in [3.63, 3.8) is 0 Å². The topological polar surface area (TPSA) is 65.4 Å². The lowest BCUT2D eigenvalue weighted by atomic mass is 10.1. The molecule has 2 aromatic rings. The third-order valence-electron chi connectivity index (χ3n) is 4.16. The number of benzene rings is 1. The van der Waals surface area contributed by atoms with Gasteiger partial charge in [-0.1, -0.05) is 13.8 Å². The Hall–Kier alpha value is -2.50. The summed E-state index contributed by atoms with van der Waals surface area (Å²) in [6.45, 7) is 10.0. The number of carbonyl (C=O) groups is 1. The Bertz CT molecular complexity index is 721. The van der Waals surface area contributed by atoms with E-state index in [2.05, 4.69) is 24.3 Å². The summed E-state index contributed by atoms with van der Waals surface area (Å²) in [6, 6.07) is 7.37. The van der Waals surface area contributed by atoms with Crippen LogP contribution in [-0.4, -0.2) is 35.9 Å². The van der Waals surface area contributed by atoms with Gasteiger partial charge in [0, 0.05) is 17.8 Å². The van der Waals surface area contributed by atoms with Crippen LogP contribution < -0.4 is 14.8 Å². The number of aryl methyl sites for hydroxylation is 1. The Morgan fingerprint density at radius 1 is 1.19 bits per heavy atom. The molecule has 1 aromatic carbocycles. The molecule has 0 radical (unpaired) electrons. The maximum absolute atomic E-state index is 12.2. The van der Waals surface area contributed by atoms with E-state index in [0.29, 0.717) is 25.5 Å². The van der Waals surface area contributed by atoms with Crippen molar-refractivity contribution in [2.75, 3.05) is 20.3 Å². The Morgan fingerprint density at radius 2 is 1.85 bits per heavy atom. The van der Waals surface area contributed by atoms with Gasteiger partial charge in [-0.2, -0.15) is 5.10 Å². The number of hydrogen-bond acceptors (Lipinski definition) is 4. The summed E-state index contributed by atoms with van der Waals surface area (Å²) in [6.07, 6.45) is 0.346. The van der Waals surface area contributed by atoms with Gasteiger partial charge in [0.1, 0.15) is 18.1 Å². The number of nitrogens with one attached hydrogen (secondary N) is 1. The number of carbonyl (C=O) groups excluding carboxylic acids is 1. The average Bonchev–Trinajstić information content (AvgIpc) is 2.86.